The van der Waals surface area contributed by atoms with E-state index in [1.807, 2.05) is 60.0 Å². The average Bonchev–Trinajstić information content (AvgIpc) is 3.59. The van der Waals surface area contributed by atoms with Crippen molar-refractivity contribution in [2.24, 2.45) is 4.99 Å². The molecule has 0 aliphatic carbocycles. The quantitative estimate of drug-likeness (QED) is 0.299. The molecule has 0 saturated heterocycles. The van der Waals surface area contributed by atoms with Gasteiger partial charge in [0.2, 0.25) is 0 Å². The van der Waals surface area contributed by atoms with Gasteiger partial charge in [-0.15, -0.1) is 11.3 Å². The van der Waals surface area contributed by atoms with E-state index >= 15 is 0 Å². The molecule has 5 nitrogen and oxygen atoms in total. The van der Waals surface area contributed by atoms with Crippen molar-refractivity contribution < 1.29 is 9.21 Å². The first kappa shape index (κ1) is 21.2. The zero-order valence-electron chi connectivity index (χ0n) is 17.9. The number of carbonyl (C=O) groups excluding carboxylic acids is 1. The van der Waals surface area contributed by atoms with Gasteiger partial charge >= 0.3 is 0 Å². The number of hydrogen-bond acceptors (Lipinski definition) is 5. The van der Waals surface area contributed by atoms with Crippen LogP contribution in [0.5, 0.6) is 0 Å². The van der Waals surface area contributed by atoms with E-state index in [4.69, 9.17) is 9.41 Å². The summed E-state index contributed by atoms with van der Waals surface area (Å²) in [5.74, 6) is 0.683. The molecule has 0 fully saturated rings. The van der Waals surface area contributed by atoms with Gasteiger partial charge in [-0.3, -0.25) is 4.79 Å². The summed E-state index contributed by atoms with van der Waals surface area (Å²) in [4.78, 5) is 19.3. The van der Waals surface area contributed by atoms with Crippen LogP contribution >= 0.6 is 22.7 Å². The van der Waals surface area contributed by atoms with Crippen molar-refractivity contribution in [3.8, 4) is 11.3 Å². The van der Waals surface area contributed by atoms with Crippen LogP contribution in [0.3, 0.4) is 0 Å². The lowest BCUT2D eigenvalue weighted by molar-refractivity contribution is 0.103. The Bertz CT molecular complexity index is 1410. The summed E-state index contributed by atoms with van der Waals surface area (Å²) < 4.78 is 7.76. The summed E-state index contributed by atoms with van der Waals surface area (Å²) in [6.45, 7) is 2.55. The number of amides is 1. The molecule has 0 radical (unpaired) electrons. The molecular weight excluding hydrogens is 450 g/mol. The molecule has 0 unspecified atom stereocenters. The first-order valence-corrected chi connectivity index (χ1v) is 12.1. The molecule has 2 aromatic carbocycles. The Morgan fingerprint density at radius 3 is 2.52 bits per heavy atom. The molecule has 3 aromatic heterocycles. The van der Waals surface area contributed by atoms with Crippen LogP contribution < -0.4 is 10.1 Å². The van der Waals surface area contributed by atoms with Gasteiger partial charge in [-0.25, -0.2) is 4.99 Å². The van der Waals surface area contributed by atoms with Gasteiger partial charge < -0.3 is 14.3 Å². The van der Waals surface area contributed by atoms with Crippen molar-refractivity contribution >= 4 is 39.3 Å². The van der Waals surface area contributed by atoms with E-state index in [9.17, 15) is 4.79 Å². The molecule has 33 heavy (non-hydrogen) atoms. The highest BCUT2D eigenvalue weighted by molar-refractivity contribution is 7.14. The molecule has 0 atom stereocenters. The molecule has 0 spiro atoms. The van der Waals surface area contributed by atoms with E-state index in [0.717, 1.165) is 32.5 Å². The van der Waals surface area contributed by atoms with E-state index in [2.05, 4.69) is 41.1 Å². The van der Waals surface area contributed by atoms with Crippen LogP contribution in [0.25, 0.3) is 11.3 Å². The highest BCUT2D eigenvalue weighted by Gasteiger charge is 2.20. The van der Waals surface area contributed by atoms with Crippen molar-refractivity contribution in [3.05, 3.63) is 112 Å². The third-order valence-electron chi connectivity index (χ3n) is 5.08. The van der Waals surface area contributed by atoms with Gasteiger partial charge in [0.15, 0.2) is 4.80 Å². The minimum atomic E-state index is -0.129. The predicted octanol–water partition coefficient (Wildman–Crippen LogP) is 6.71. The summed E-state index contributed by atoms with van der Waals surface area (Å²) in [6, 6.07) is 25.6. The summed E-state index contributed by atoms with van der Waals surface area (Å²) in [5, 5.41) is 5.78. The third-order valence-corrected chi connectivity index (χ3v) is 6.94. The van der Waals surface area contributed by atoms with Gasteiger partial charge in [0.05, 0.1) is 29.1 Å². The number of carbonyl (C=O) groups is 1. The standard InChI is InChI=1S/C26H21N3O2S2/c1-18-11-13-19(14-12-18)23-25(28-24(30)22-10-6-16-32-22)33-26(27-20-7-3-2-4-8-20)29(23)17-21-9-5-15-31-21/h2-16H,17H2,1H3,(H,28,30). The Morgan fingerprint density at radius 2 is 1.82 bits per heavy atom. The maximum Gasteiger partial charge on any atom is 0.266 e. The highest BCUT2D eigenvalue weighted by atomic mass is 32.1. The third kappa shape index (κ3) is 4.74. The Balaban J connectivity index is 1.70. The topological polar surface area (TPSA) is 59.5 Å². The first-order chi connectivity index (χ1) is 16.2. The van der Waals surface area contributed by atoms with Gasteiger partial charge in [0, 0.05) is 5.56 Å². The molecular formula is C26H21N3O2S2. The zero-order chi connectivity index (χ0) is 22.6. The van der Waals surface area contributed by atoms with Gasteiger partial charge in [-0.2, -0.15) is 0 Å². The van der Waals surface area contributed by atoms with Gasteiger partial charge in [0.1, 0.15) is 10.8 Å². The fraction of sp³-hybridized carbons (Fsp3) is 0.0769. The summed E-state index contributed by atoms with van der Waals surface area (Å²) >= 11 is 2.87. The Hall–Kier alpha value is -3.68. The maximum absolute atomic E-state index is 13.0. The lowest BCUT2D eigenvalue weighted by atomic mass is 10.1. The van der Waals surface area contributed by atoms with Crippen molar-refractivity contribution in [1.29, 1.82) is 0 Å². The van der Waals surface area contributed by atoms with Crippen molar-refractivity contribution in [2.45, 2.75) is 13.5 Å². The number of para-hydroxylation sites is 1. The molecule has 0 saturated carbocycles. The fourth-order valence-electron chi connectivity index (χ4n) is 3.47. The molecule has 164 valence electrons. The molecule has 5 aromatic rings. The van der Waals surface area contributed by atoms with Gasteiger partial charge in [-0.1, -0.05) is 65.4 Å². The Labute approximate surface area is 199 Å². The zero-order valence-corrected chi connectivity index (χ0v) is 19.5. The first-order valence-electron chi connectivity index (χ1n) is 10.4. The number of aromatic nitrogens is 1. The lowest BCUT2D eigenvalue weighted by Crippen LogP contribution is -2.16. The van der Waals surface area contributed by atoms with Gasteiger partial charge in [-0.05, 0) is 42.6 Å². The molecule has 0 bridgehead atoms. The van der Waals surface area contributed by atoms with Crippen molar-refractivity contribution in [2.75, 3.05) is 5.32 Å². The number of thiophene rings is 1. The summed E-state index contributed by atoms with van der Waals surface area (Å²) in [6.07, 6.45) is 1.67. The van der Waals surface area contributed by atoms with E-state index in [1.165, 1.54) is 28.2 Å². The van der Waals surface area contributed by atoms with E-state index in [-0.39, 0.29) is 5.91 Å². The van der Waals surface area contributed by atoms with E-state index in [1.54, 1.807) is 6.26 Å². The number of furan rings is 1. The normalized spacial score (nSPS) is 11.6. The van der Waals surface area contributed by atoms with Crippen molar-refractivity contribution in [3.63, 3.8) is 0 Å². The predicted molar refractivity (Wildman–Crippen MR) is 134 cm³/mol. The molecule has 7 heteroatoms. The molecule has 3 heterocycles. The summed E-state index contributed by atoms with van der Waals surface area (Å²) in [5.41, 5.74) is 3.92. The largest absolute Gasteiger partial charge is 0.467 e. The highest BCUT2D eigenvalue weighted by Crippen LogP contribution is 2.33. The van der Waals surface area contributed by atoms with Crippen LogP contribution in [0.4, 0.5) is 10.7 Å². The molecule has 5 rings (SSSR count). The van der Waals surface area contributed by atoms with Crippen LogP contribution in [0.1, 0.15) is 21.0 Å². The summed E-state index contributed by atoms with van der Waals surface area (Å²) in [7, 11) is 0. The Kier molecular flexibility index (Phi) is 6.06. The van der Waals surface area contributed by atoms with Crippen molar-refractivity contribution in [1.82, 2.24) is 4.57 Å². The minimum absolute atomic E-state index is 0.129. The minimum Gasteiger partial charge on any atom is -0.467 e. The second kappa shape index (κ2) is 9.44. The van der Waals surface area contributed by atoms with Gasteiger partial charge in [0.25, 0.3) is 5.91 Å². The molecule has 1 N–H and O–H groups in total. The van der Waals surface area contributed by atoms with Crippen LogP contribution in [-0.4, -0.2) is 10.5 Å². The average molecular weight is 472 g/mol. The van der Waals surface area contributed by atoms with Crippen LogP contribution in [0.2, 0.25) is 0 Å². The number of nitrogens with zero attached hydrogens (tertiary/aromatic N) is 2. The monoisotopic (exact) mass is 471 g/mol. The smallest absolute Gasteiger partial charge is 0.266 e. The number of anilines is 1. The van der Waals surface area contributed by atoms with Crippen LogP contribution in [0, 0.1) is 6.92 Å². The number of benzene rings is 2. The SMILES string of the molecule is Cc1ccc(-c2c(NC(=O)c3cccs3)sc(=Nc3ccccc3)n2Cc2ccco2)cc1. The van der Waals surface area contributed by atoms with Crippen LogP contribution in [0.15, 0.2) is 99.9 Å². The molecule has 0 aliphatic rings. The van der Waals surface area contributed by atoms with E-state index < -0.39 is 0 Å². The second-order valence-electron chi connectivity index (χ2n) is 7.47. The number of nitrogens with one attached hydrogen (secondary N) is 1. The number of rotatable bonds is 6. The Morgan fingerprint density at radius 1 is 1.00 bits per heavy atom. The van der Waals surface area contributed by atoms with Crippen LogP contribution in [-0.2, 0) is 6.54 Å². The molecule has 0 aliphatic heterocycles. The number of thiazole rings is 1. The molecule has 1 amide bonds. The number of hydrogen-bond donors (Lipinski definition) is 1. The second-order valence-corrected chi connectivity index (χ2v) is 9.40. The maximum atomic E-state index is 13.0. The lowest BCUT2D eigenvalue weighted by Gasteiger charge is -2.11. The fourth-order valence-corrected chi connectivity index (χ4v) is 5.16. The van der Waals surface area contributed by atoms with E-state index in [0.29, 0.717) is 11.4 Å². The number of aryl methyl sites for hydroxylation is 1.